The van der Waals surface area contributed by atoms with Crippen LogP contribution in [-0.2, 0) is 19.6 Å². The van der Waals surface area contributed by atoms with Gasteiger partial charge in [-0.15, -0.1) is 0 Å². The van der Waals surface area contributed by atoms with Crippen molar-refractivity contribution in [1.29, 1.82) is 0 Å². The molecule has 128 valence electrons. The molecule has 1 unspecified atom stereocenters. The Balaban J connectivity index is 1.90. The molecule has 1 N–H and O–H groups in total. The zero-order valence-corrected chi connectivity index (χ0v) is 14.4. The summed E-state index contributed by atoms with van der Waals surface area (Å²) < 4.78 is 30.6. The van der Waals surface area contributed by atoms with Gasteiger partial charge in [-0.2, -0.15) is 4.31 Å². The van der Waals surface area contributed by atoms with Crippen molar-refractivity contribution in [2.24, 2.45) is 0 Å². The molecule has 7 heteroatoms. The minimum atomic E-state index is -3.36. The van der Waals surface area contributed by atoms with Gasteiger partial charge in [-0.25, -0.2) is 8.42 Å². The molecule has 0 spiro atoms. The van der Waals surface area contributed by atoms with Gasteiger partial charge in [0.15, 0.2) is 0 Å². The molecule has 1 aromatic rings. The van der Waals surface area contributed by atoms with Crippen molar-refractivity contribution in [2.75, 3.05) is 31.3 Å². The maximum absolute atomic E-state index is 12.1. The normalized spacial score (nSPS) is 18.3. The molecule has 2 rings (SSSR count). The van der Waals surface area contributed by atoms with E-state index in [2.05, 4.69) is 5.32 Å². The number of rotatable bonds is 7. The van der Waals surface area contributed by atoms with Crippen LogP contribution in [0.2, 0.25) is 0 Å². The van der Waals surface area contributed by atoms with Gasteiger partial charge in [-0.3, -0.25) is 4.79 Å². The molecule has 1 amide bonds. The van der Waals surface area contributed by atoms with Gasteiger partial charge >= 0.3 is 0 Å². The van der Waals surface area contributed by atoms with Crippen LogP contribution in [0, 0.1) is 6.92 Å². The highest BCUT2D eigenvalue weighted by molar-refractivity contribution is 7.88. The Bertz CT molecular complexity index is 639. The summed E-state index contributed by atoms with van der Waals surface area (Å²) in [6, 6.07) is 7.49. The van der Waals surface area contributed by atoms with Gasteiger partial charge in [0.1, 0.15) is 0 Å². The van der Waals surface area contributed by atoms with E-state index in [4.69, 9.17) is 4.74 Å². The molecular weight excluding hydrogens is 316 g/mol. The number of carbonyl (C=O) groups excluding carboxylic acids is 1. The van der Waals surface area contributed by atoms with Crippen LogP contribution < -0.4 is 5.32 Å². The fraction of sp³-hybridized carbons (Fsp3) is 0.562. The average molecular weight is 340 g/mol. The molecule has 6 nitrogen and oxygen atoms in total. The number of benzene rings is 1. The lowest BCUT2D eigenvalue weighted by Gasteiger charge is -2.22. The van der Waals surface area contributed by atoms with Crippen LogP contribution in [0.3, 0.4) is 0 Å². The third-order valence-corrected chi connectivity index (χ3v) is 5.18. The number of ether oxygens (including phenoxy) is 1. The highest BCUT2D eigenvalue weighted by Gasteiger charge is 2.25. The quantitative estimate of drug-likeness (QED) is 0.821. The Hall–Kier alpha value is -1.44. The Labute approximate surface area is 137 Å². The second-order valence-corrected chi connectivity index (χ2v) is 7.85. The first kappa shape index (κ1) is 17.9. The summed E-state index contributed by atoms with van der Waals surface area (Å²) in [5.41, 5.74) is 1.72. The Morgan fingerprint density at radius 3 is 2.74 bits per heavy atom. The summed E-state index contributed by atoms with van der Waals surface area (Å²) in [6.07, 6.45) is 3.04. The van der Waals surface area contributed by atoms with Crippen LogP contribution in [0.15, 0.2) is 24.3 Å². The van der Waals surface area contributed by atoms with Crippen molar-refractivity contribution in [3.05, 3.63) is 29.8 Å². The number of amides is 1. The predicted molar refractivity (Wildman–Crippen MR) is 89.8 cm³/mol. The van der Waals surface area contributed by atoms with Gasteiger partial charge < -0.3 is 10.1 Å². The van der Waals surface area contributed by atoms with Crippen LogP contribution in [-0.4, -0.2) is 50.7 Å². The van der Waals surface area contributed by atoms with Gasteiger partial charge in [-0.1, -0.05) is 18.2 Å². The average Bonchev–Trinajstić information content (AvgIpc) is 2.98. The number of carbonyl (C=O) groups is 1. The van der Waals surface area contributed by atoms with E-state index in [1.54, 1.807) is 0 Å². The predicted octanol–water partition coefficient (Wildman–Crippen LogP) is 1.76. The third kappa shape index (κ3) is 5.60. The Morgan fingerprint density at radius 1 is 1.39 bits per heavy atom. The second-order valence-electron chi connectivity index (χ2n) is 5.87. The molecular formula is C16H24N2O4S. The van der Waals surface area contributed by atoms with E-state index in [0.29, 0.717) is 13.2 Å². The molecule has 0 saturated carbocycles. The van der Waals surface area contributed by atoms with Gasteiger partial charge in [-0.05, 0) is 31.4 Å². The van der Waals surface area contributed by atoms with Crippen LogP contribution in [0.5, 0.6) is 0 Å². The van der Waals surface area contributed by atoms with E-state index in [-0.39, 0.29) is 25.0 Å². The van der Waals surface area contributed by atoms with Crippen molar-refractivity contribution >= 4 is 21.6 Å². The summed E-state index contributed by atoms with van der Waals surface area (Å²) in [5.74, 6) is -0.194. The topological polar surface area (TPSA) is 75.7 Å². The smallest absolute Gasteiger partial charge is 0.225 e. The first-order valence-electron chi connectivity index (χ1n) is 7.78. The standard InChI is InChI=1S/C16H24N2O4S/c1-13-6-3-4-8-15(13)17-16(19)9-10-18(23(2,20)21)12-14-7-5-11-22-14/h3-4,6,8,14H,5,7,9-12H2,1-2H3,(H,17,19). The molecule has 1 aliphatic heterocycles. The first-order valence-corrected chi connectivity index (χ1v) is 9.63. The first-order chi connectivity index (χ1) is 10.9. The Morgan fingerprint density at radius 2 is 2.13 bits per heavy atom. The summed E-state index contributed by atoms with van der Waals surface area (Å²) in [6.45, 7) is 3.07. The molecule has 1 atom stereocenters. The number of sulfonamides is 1. The molecule has 1 heterocycles. The number of aryl methyl sites for hydroxylation is 1. The van der Waals surface area contributed by atoms with Gasteiger partial charge in [0, 0.05) is 31.8 Å². The third-order valence-electron chi connectivity index (χ3n) is 3.91. The molecule has 0 aromatic heterocycles. The van der Waals surface area contributed by atoms with Gasteiger partial charge in [0.05, 0.1) is 12.4 Å². The molecule has 0 radical (unpaired) electrons. The van der Waals surface area contributed by atoms with Crippen LogP contribution in [0.1, 0.15) is 24.8 Å². The van der Waals surface area contributed by atoms with Gasteiger partial charge in [0.25, 0.3) is 0 Å². The molecule has 1 saturated heterocycles. The molecule has 0 aliphatic carbocycles. The zero-order chi connectivity index (χ0) is 16.9. The number of hydrogen-bond donors (Lipinski definition) is 1. The number of nitrogens with zero attached hydrogens (tertiary/aromatic N) is 1. The Kier molecular flexibility index (Phi) is 6.15. The number of para-hydroxylation sites is 1. The largest absolute Gasteiger partial charge is 0.377 e. The lowest BCUT2D eigenvalue weighted by Crippen LogP contribution is -2.38. The minimum Gasteiger partial charge on any atom is -0.377 e. The fourth-order valence-corrected chi connectivity index (χ4v) is 3.42. The molecule has 23 heavy (non-hydrogen) atoms. The van der Waals surface area contributed by atoms with Crippen LogP contribution in [0.25, 0.3) is 0 Å². The summed E-state index contributed by atoms with van der Waals surface area (Å²) in [5, 5.41) is 2.82. The molecule has 1 fully saturated rings. The highest BCUT2D eigenvalue weighted by atomic mass is 32.2. The maximum atomic E-state index is 12.1. The van der Waals surface area contributed by atoms with E-state index >= 15 is 0 Å². The number of nitrogens with one attached hydrogen (secondary N) is 1. The lowest BCUT2D eigenvalue weighted by molar-refractivity contribution is -0.116. The monoisotopic (exact) mass is 340 g/mol. The van der Waals surface area contributed by atoms with Crippen molar-refractivity contribution in [3.8, 4) is 0 Å². The highest BCUT2D eigenvalue weighted by Crippen LogP contribution is 2.16. The molecule has 1 aliphatic rings. The van der Waals surface area contributed by atoms with E-state index in [1.165, 1.54) is 10.6 Å². The second kappa shape index (κ2) is 7.90. The van der Waals surface area contributed by atoms with Crippen LogP contribution >= 0.6 is 0 Å². The van der Waals surface area contributed by atoms with Crippen molar-refractivity contribution in [3.63, 3.8) is 0 Å². The van der Waals surface area contributed by atoms with E-state index in [1.807, 2.05) is 31.2 Å². The summed E-state index contributed by atoms with van der Waals surface area (Å²) >= 11 is 0. The van der Waals surface area contributed by atoms with E-state index < -0.39 is 10.0 Å². The van der Waals surface area contributed by atoms with Crippen LogP contribution in [0.4, 0.5) is 5.69 Å². The zero-order valence-electron chi connectivity index (χ0n) is 13.6. The van der Waals surface area contributed by atoms with Crippen molar-refractivity contribution in [1.82, 2.24) is 4.31 Å². The number of hydrogen-bond acceptors (Lipinski definition) is 4. The lowest BCUT2D eigenvalue weighted by atomic mass is 10.2. The van der Waals surface area contributed by atoms with Gasteiger partial charge in [0.2, 0.25) is 15.9 Å². The number of anilines is 1. The van der Waals surface area contributed by atoms with Crippen molar-refractivity contribution in [2.45, 2.75) is 32.3 Å². The molecule has 1 aromatic carbocycles. The minimum absolute atomic E-state index is 0.0656. The fourth-order valence-electron chi connectivity index (χ4n) is 2.56. The van der Waals surface area contributed by atoms with E-state index in [9.17, 15) is 13.2 Å². The maximum Gasteiger partial charge on any atom is 0.225 e. The summed E-state index contributed by atoms with van der Waals surface area (Å²) in [7, 11) is -3.36. The molecule has 0 bridgehead atoms. The van der Waals surface area contributed by atoms with Crippen molar-refractivity contribution < 1.29 is 17.9 Å². The van der Waals surface area contributed by atoms with E-state index in [0.717, 1.165) is 24.1 Å². The summed E-state index contributed by atoms with van der Waals surface area (Å²) in [4.78, 5) is 12.1. The SMILES string of the molecule is Cc1ccccc1NC(=O)CCN(CC1CCCO1)S(C)(=O)=O.